The highest BCUT2D eigenvalue weighted by Crippen LogP contribution is 2.27. The lowest BCUT2D eigenvalue weighted by Gasteiger charge is -2.18. The van der Waals surface area contributed by atoms with E-state index in [0.717, 1.165) is 22.9 Å². The molecule has 0 aliphatic heterocycles. The van der Waals surface area contributed by atoms with Crippen LogP contribution in [0.1, 0.15) is 23.4 Å². The molecule has 21 heavy (non-hydrogen) atoms. The molecule has 2 aromatic rings. The highest BCUT2D eigenvalue weighted by Gasteiger charge is 2.14. The first kappa shape index (κ1) is 16.5. The predicted octanol–water partition coefficient (Wildman–Crippen LogP) is 3.70. The smallest absolute Gasteiger partial charge is 0.175 e. The van der Waals surface area contributed by atoms with Crippen LogP contribution in [-0.2, 0) is 16.3 Å². The number of rotatable bonds is 6. The average molecular weight is 344 g/mol. The van der Waals surface area contributed by atoms with E-state index in [2.05, 4.69) is 12.2 Å². The van der Waals surface area contributed by atoms with Crippen molar-refractivity contribution in [3.63, 3.8) is 0 Å². The summed E-state index contributed by atoms with van der Waals surface area (Å²) < 4.78 is 23.8. The molecule has 1 aromatic heterocycles. The second-order valence-corrected chi connectivity index (χ2v) is 8.68. The van der Waals surface area contributed by atoms with Gasteiger partial charge in [-0.1, -0.05) is 30.7 Å². The predicted molar refractivity (Wildman–Crippen MR) is 89.0 cm³/mol. The van der Waals surface area contributed by atoms with Gasteiger partial charge in [0, 0.05) is 23.6 Å². The van der Waals surface area contributed by atoms with Gasteiger partial charge in [0.1, 0.15) is 0 Å². The number of benzene rings is 1. The number of nitrogens with one attached hydrogen (secondary N) is 1. The first-order chi connectivity index (χ1) is 9.90. The lowest BCUT2D eigenvalue weighted by atomic mass is 10.0. The van der Waals surface area contributed by atoms with Crippen LogP contribution in [0, 0.1) is 0 Å². The van der Waals surface area contributed by atoms with E-state index in [1.165, 1.54) is 11.1 Å². The Morgan fingerprint density at radius 3 is 2.33 bits per heavy atom. The van der Waals surface area contributed by atoms with Crippen LogP contribution in [0.2, 0.25) is 4.34 Å². The van der Waals surface area contributed by atoms with Crippen LogP contribution < -0.4 is 5.32 Å². The van der Waals surface area contributed by atoms with E-state index in [0.29, 0.717) is 4.90 Å². The number of thiophene rings is 1. The van der Waals surface area contributed by atoms with Gasteiger partial charge < -0.3 is 5.32 Å². The van der Waals surface area contributed by atoms with Gasteiger partial charge in [0.05, 0.1) is 9.23 Å². The van der Waals surface area contributed by atoms with E-state index < -0.39 is 9.84 Å². The zero-order valence-corrected chi connectivity index (χ0v) is 14.4. The summed E-state index contributed by atoms with van der Waals surface area (Å²) in [7, 11) is -3.15. The molecule has 1 N–H and O–H groups in total. The highest BCUT2D eigenvalue weighted by atomic mass is 35.5. The molecule has 0 fully saturated rings. The molecule has 0 amide bonds. The molecule has 0 saturated heterocycles. The van der Waals surface area contributed by atoms with Gasteiger partial charge in [-0.2, -0.15) is 0 Å². The second kappa shape index (κ2) is 6.92. The quantitative estimate of drug-likeness (QED) is 0.869. The van der Waals surface area contributed by atoms with Crippen molar-refractivity contribution in [3.8, 4) is 0 Å². The molecule has 3 nitrogen and oxygen atoms in total. The maximum atomic E-state index is 11.5. The minimum absolute atomic E-state index is 0.151. The normalized spacial score (nSPS) is 13.3. The molecule has 2 rings (SSSR count). The minimum atomic E-state index is -3.15. The summed E-state index contributed by atoms with van der Waals surface area (Å²) in [5.74, 6) is 0. The van der Waals surface area contributed by atoms with Crippen molar-refractivity contribution in [2.45, 2.75) is 24.3 Å². The van der Waals surface area contributed by atoms with Crippen LogP contribution in [0.3, 0.4) is 0 Å². The SMILES string of the molecule is CCNC(Cc1ccc(Cl)s1)c1ccc(S(C)(=O)=O)cc1. The molecule has 1 unspecified atom stereocenters. The molecule has 0 bridgehead atoms. The van der Waals surface area contributed by atoms with Gasteiger partial charge in [-0.15, -0.1) is 11.3 Å². The van der Waals surface area contributed by atoms with Crippen molar-refractivity contribution in [2.24, 2.45) is 0 Å². The molecule has 6 heteroatoms. The summed E-state index contributed by atoms with van der Waals surface area (Å²) in [6, 6.07) is 11.2. The summed E-state index contributed by atoms with van der Waals surface area (Å²) in [4.78, 5) is 1.55. The monoisotopic (exact) mass is 343 g/mol. The van der Waals surface area contributed by atoms with E-state index in [1.807, 2.05) is 24.3 Å². The molecule has 0 radical (unpaired) electrons. The first-order valence-electron chi connectivity index (χ1n) is 6.67. The molecule has 0 aliphatic carbocycles. The third kappa shape index (κ3) is 4.54. The molecular weight excluding hydrogens is 326 g/mol. The van der Waals surface area contributed by atoms with Crippen LogP contribution in [0.25, 0.3) is 0 Å². The van der Waals surface area contributed by atoms with Gasteiger partial charge in [-0.3, -0.25) is 0 Å². The Morgan fingerprint density at radius 2 is 1.86 bits per heavy atom. The Balaban J connectivity index is 2.21. The summed E-state index contributed by atoms with van der Waals surface area (Å²) in [6.07, 6.45) is 2.06. The van der Waals surface area contributed by atoms with Crippen LogP contribution in [-0.4, -0.2) is 21.2 Å². The van der Waals surface area contributed by atoms with Gasteiger partial charge >= 0.3 is 0 Å². The Kier molecular flexibility index (Phi) is 5.43. The Morgan fingerprint density at radius 1 is 1.19 bits per heavy atom. The first-order valence-corrected chi connectivity index (χ1v) is 9.76. The number of likely N-dealkylation sites (N-methyl/N-ethyl adjacent to an activating group) is 1. The molecular formula is C15H18ClNO2S2. The van der Waals surface area contributed by atoms with E-state index in [9.17, 15) is 8.42 Å². The van der Waals surface area contributed by atoms with Crippen molar-refractivity contribution in [1.82, 2.24) is 5.32 Å². The summed E-state index contributed by atoms with van der Waals surface area (Å²) in [6.45, 7) is 2.90. The fraction of sp³-hybridized carbons (Fsp3) is 0.333. The fourth-order valence-electron chi connectivity index (χ4n) is 2.16. The number of halogens is 1. The lowest BCUT2D eigenvalue weighted by molar-refractivity contribution is 0.553. The summed E-state index contributed by atoms with van der Waals surface area (Å²) in [5, 5.41) is 3.43. The standard InChI is InChI=1S/C15H18ClNO2S2/c1-3-17-14(10-12-6-9-15(16)20-12)11-4-7-13(8-5-11)21(2,18)19/h4-9,14,17H,3,10H2,1-2H3. The van der Waals surface area contributed by atoms with Crippen molar-refractivity contribution in [2.75, 3.05) is 12.8 Å². The van der Waals surface area contributed by atoms with Crippen molar-refractivity contribution in [1.29, 1.82) is 0 Å². The average Bonchev–Trinajstić information content (AvgIpc) is 2.83. The fourth-order valence-corrected chi connectivity index (χ4v) is 3.93. The molecule has 1 aromatic carbocycles. The van der Waals surface area contributed by atoms with Crippen LogP contribution >= 0.6 is 22.9 Å². The third-order valence-corrected chi connectivity index (χ3v) is 5.58. The molecule has 0 aliphatic rings. The Labute approximate surface area is 134 Å². The van der Waals surface area contributed by atoms with Crippen molar-refractivity contribution < 1.29 is 8.42 Å². The molecule has 0 spiro atoms. The van der Waals surface area contributed by atoms with Crippen LogP contribution in [0.15, 0.2) is 41.3 Å². The topological polar surface area (TPSA) is 46.2 Å². The zero-order chi connectivity index (χ0) is 15.5. The number of hydrogen-bond donors (Lipinski definition) is 1. The molecule has 0 saturated carbocycles. The summed E-state index contributed by atoms with van der Waals surface area (Å²) >= 11 is 7.54. The summed E-state index contributed by atoms with van der Waals surface area (Å²) in [5.41, 5.74) is 1.08. The van der Waals surface area contributed by atoms with E-state index in [1.54, 1.807) is 23.5 Å². The van der Waals surface area contributed by atoms with Gasteiger partial charge in [0.2, 0.25) is 0 Å². The minimum Gasteiger partial charge on any atom is -0.310 e. The maximum absolute atomic E-state index is 11.5. The number of sulfone groups is 1. The van der Waals surface area contributed by atoms with Crippen molar-refractivity contribution in [3.05, 3.63) is 51.2 Å². The van der Waals surface area contributed by atoms with Gasteiger partial charge in [-0.05, 0) is 36.4 Å². The molecule has 1 heterocycles. The number of hydrogen-bond acceptors (Lipinski definition) is 4. The zero-order valence-electron chi connectivity index (χ0n) is 12.0. The second-order valence-electron chi connectivity index (χ2n) is 4.86. The van der Waals surface area contributed by atoms with Gasteiger partial charge in [0.15, 0.2) is 9.84 Å². The van der Waals surface area contributed by atoms with Crippen molar-refractivity contribution >= 4 is 32.8 Å². The van der Waals surface area contributed by atoms with E-state index in [-0.39, 0.29) is 6.04 Å². The maximum Gasteiger partial charge on any atom is 0.175 e. The third-order valence-electron chi connectivity index (χ3n) is 3.20. The van der Waals surface area contributed by atoms with E-state index in [4.69, 9.17) is 11.6 Å². The van der Waals surface area contributed by atoms with Crippen LogP contribution in [0.5, 0.6) is 0 Å². The van der Waals surface area contributed by atoms with E-state index >= 15 is 0 Å². The van der Waals surface area contributed by atoms with Gasteiger partial charge in [0.25, 0.3) is 0 Å². The highest BCUT2D eigenvalue weighted by molar-refractivity contribution is 7.90. The van der Waals surface area contributed by atoms with Crippen LogP contribution in [0.4, 0.5) is 0 Å². The molecule has 114 valence electrons. The Hall–Kier alpha value is -0.880. The van der Waals surface area contributed by atoms with Gasteiger partial charge in [-0.25, -0.2) is 8.42 Å². The lowest BCUT2D eigenvalue weighted by Crippen LogP contribution is -2.22. The Bertz CT molecular complexity index is 693. The molecule has 1 atom stereocenters. The largest absolute Gasteiger partial charge is 0.310 e.